The molecule has 2 rings (SSSR count). The number of carbonyl (C=O) groups is 1. The average molecular weight is 261 g/mol. The molecule has 0 radical (unpaired) electrons. The van der Waals surface area contributed by atoms with Gasteiger partial charge in [-0.25, -0.2) is 14.2 Å². The van der Waals surface area contributed by atoms with Crippen LogP contribution in [0.3, 0.4) is 0 Å². The Morgan fingerprint density at radius 3 is 2.79 bits per heavy atom. The Hall–Kier alpha value is -2.63. The summed E-state index contributed by atoms with van der Waals surface area (Å²) in [6.07, 6.45) is 1.33. The van der Waals surface area contributed by atoms with Crippen LogP contribution in [0.25, 0.3) is 0 Å². The number of carboxylic acid groups (broad SMARTS) is 1. The number of nitrogen functional groups attached to an aromatic ring is 1. The van der Waals surface area contributed by atoms with Gasteiger partial charge in [0.15, 0.2) is 0 Å². The summed E-state index contributed by atoms with van der Waals surface area (Å²) in [6, 6.07) is 5.80. The number of halogens is 1. The van der Waals surface area contributed by atoms with Crippen molar-refractivity contribution in [2.24, 2.45) is 0 Å². The molecule has 0 amide bonds. The quantitative estimate of drug-likeness (QED) is 0.790. The number of nitrogens with one attached hydrogen (secondary N) is 1. The summed E-state index contributed by atoms with van der Waals surface area (Å²) in [5, 5.41) is 11.8. The smallest absolute Gasteiger partial charge is 0.339 e. The van der Waals surface area contributed by atoms with Crippen molar-refractivity contribution in [3.63, 3.8) is 0 Å². The number of anilines is 3. The predicted molar refractivity (Wildman–Crippen MR) is 70.0 cm³/mol. The van der Waals surface area contributed by atoms with E-state index in [0.717, 1.165) is 0 Å². The van der Waals surface area contributed by atoms with Crippen molar-refractivity contribution in [2.75, 3.05) is 11.1 Å². The number of hydrogen-bond donors (Lipinski definition) is 3. The average Bonchev–Trinajstić information content (AvgIpc) is 2.36. The predicted octanol–water partition coefficient (Wildman–Crippen LogP) is 2.55. The first kappa shape index (κ1) is 12.8. The lowest BCUT2D eigenvalue weighted by molar-refractivity contribution is 0.0697. The lowest BCUT2D eigenvalue weighted by atomic mass is 10.2. The van der Waals surface area contributed by atoms with Crippen LogP contribution < -0.4 is 11.1 Å². The molecule has 19 heavy (non-hydrogen) atoms. The number of aromatic carboxylic acids is 1. The van der Waals surface area contributed by atoms with Crippen LogP contribution in [0.1, 0.15) is 15.9 Å². The molecule has 0 atom stereocenters. The van der Waals surface area contributed by atoms with Gasteiger partial charge in [0.2, 0.25) is 0 Å². The molecule has 1 aromatic heterocycles. The third kappa shape index (κ3) is 2.79. The maximum atomic E-state index is 13.4. The SMILES string of the molecule is Cc1ccc(Nc2ncc(N)cc2C(=O)O)cc1F. The van der Waals surface area contributed by atoms with Crippen molar-refractivity contribution in [1.29, 1.82) is 0 Å². The number of nitrogens with two attached hydrogens (primary N) is 1. The highest BCUT2D eigenvalue weighted by molar-refractivity contribution is 5.94. The lowest BCUT2D eigenvalue weighted by Crippen LogP contribution is -2.06. The summed E-state index contributed by atoms with van der Waals surface area (Å²) in [5.74, 6) is -1.42. The van der Waals surface area contributed by atoms with Gasteiger partial charge in [0, 0.05) is 5.69 Å². The molecular formula is C13H12FN3O2. The highest BCUT2D eigenvalue weighted by Gasteiger charge is 2.12. The lowest BCUT2D eigenvalue weighted by Gasteiger charge is -2.09. The van der Waals surface area contributed by atoms with Crippen molar-refractivity contribution in [1.82, 2.24) is 4.98 Å². The van der Waals surface area contributed by atoms with Crippen LogP contribution in [0, 0.1) is 12.7 Å². The number of nitrogens with zero attached hydrogens (tertiary/aromatic N) is 1. The second-order valence-corrected chi connectivity index (χ2v) is 4.06. The van der Waals surface area contributed by atoms with E-state index in [2.05, 4.69) is 10.3 Å². The second kappa shape index (κ2) is 4.93. The molecule has 0 aliphatic carbocycles. The molecule has 1 aromatic carbocycles. The Balaban J connectivity index is 2.37. The van der Waals surface area contributed by atoms with Gasteiger partial charge in [0.05, 0.1) is 11.9 Å². The standard InChI is InChI=1S/C13H12FN3O2/c1-7-2-3-9(5-11(7)14)17-12-10(13(18)19)4-8(15)6-16-12/h2-6H,15H2,1H3,(H,16,17)(H,18,19). The summed E-state index contributed by atoms with van der Waals surface area (Å²) >= 11 is 0. The Labute approximate surface area is 108 Å². The molecule has 0 saturated carbocycles. The third-order valence-corrected chi connectivity index (χ3v) is 2.57. The summed E-state index contributed by atoms with van der Waals surface area (Å²) in [7, 11) is 0. The van der Waals surface area contributed by atoms with Gasteiger partial charge in [-0.1, -0.05) is 6.07 Å². The summed E-state index contributed by atoms with van der Waals surface area (Å²) in [5.41, 5.74) is 6.60. The molecule has 0 bridgehead atoms. The van der Waals surface area contributed by atoms with Crippen molar-refractivity contribution in [3.05, 3.63) is 47.4 Å². The number of hydrogen-bond acceptors (Lipinski definition) is 4. The first-order chi connectivity index (χ1) is 8.97. The molecule has 98 valence electrons. The van der Waals surface area contributed by atoms with Crippen LogP contribution in [0.2, 0.25) is 0 Å². The number of rotatable bonds is 3. The third-order valence-electron chi connectivity index (χ3n) is 2.57. The minimum atomic E-state index is -1.16. The Bertz CT molecular complexity index is 644. The molecule has 5 nitrogen and oxygen atoms in total. The van der Waals surface area contributed by atoms with Gasteiger partial charge in [-0.2, -0.15) is 0 Å². The van der Waals surface area contributed by atoms with E-state index < -0.39 is 5.97 Å². The fourth-order valence-corrected chi connectivity index (χ4v) is 1.55. The van der Waals surface area contributed by atoms with Crippen LogP contribution in [0.5, 0.6) is 0 Å². The minimum Gasteiger partial charge on any atom is -0.478 e. The van der Waals surface area contributed by atoms with Crippen molar-refractivity contribution in [2.45, 2.75) is 6.92 Å². The molecule has 0 unspecified atom stereocenters. The summed E-state index contributed by atoms with van der Waals surface area (Å²) < 4.78 is 13.4. The monoisotopic (exact) mass is 261 g/mol. The number of pyridine rings is 1. The highest BCUT2D eigenvalue weighted by Crippen LogP contribution is 2.22. The zero-order chi connectivity index (χ0) is 14.0. The topological polar surface area (TPSA) is 88.2 Å². The maximum absolute atomic E-state index is 13.4. The molecule has 2 aromatic rings. The second-order valence-electron chi connectivity index (χ2n) is 4.06. The number of carboxylic acids is 1. The zero-order valence-corrected chi connectivity index (χ0v) is 10.1. The number of benzene rings is 1. The van der Waals surface area contributed by atoms with Crippen LogP contribution >= 0.6 is 0 Å². The van der Waals surface area contributed by atoms with Crippen molar-refractivity contribution in [3.8, 4) is 0 Å². The molecule has 0 aliphatic rings. The van der Waals surface area contributed by atoms with E-state index in [9.17, 15) is 9.18 Å². The van der Waals surface area contributed by atoms with Gasteiger partial charge < -0.3 is 16.2 Å². The van der Waals surface area contributed by atoms with E-state index in [1.165, 1.54) is 18.3 Å². The molecule has 0 aliphatic heterocycles. The first-order valence-electron chi connectivity index (χ1n) is 5.49. The van der Waals surface area contributed by atoms with E-state index >= 15 is 0 Å². The normalized spacial score (nSPS) is 10.2. The largest absolute Gasteiger partial charge is 0.478 e. The fourth-order valence-electron chi connectivity index (χ4n) is 1.55. The van der Waals surface area contributed by atoms with Crippen molar-refractivity contribution < 1.29 is 14.3 Å². The van der Waals surface area contributed by atoms with Gasteiger partial charge in [0.1, 0.15) is 17.2 Å². The molecule has 0 spiro atoms. The molecule has 1 heterocycles. The number of aryl methyl sites for hydroxylation is 1. The van der Waals surface area contributed by atoms with E-state index in [1.54, 1.807) is 19.1 Å². The van der Waals surface area contributed by atoms with E-state index in [1.807, 2.05) is 0 Å². The highest BCUT2D eigenvalue weighted by atomic mass is 19.1. The van der Waals surface area contributed by atoms with Gasteiger partial charge in [-0.3, -0.25) is 0 Å². The minimum absolute atomic E-state index is 0.0685. The maximum Gasteiger partial charge on any atom is 0.339 e. The van der Waals surface area contributed by atoms with Crippen LogP contribution in [0.4, 0.5) is 21.6 Å². The fraction of sp³-hybridized carbons (Fsp3) is 0.0769. The van der Waals surface area contributed by atoms with Crippen LogP contribution in [-0.4, -0.2) is 16.1 Å². The molecule has 0 fully saturated rings. The van der Waals surface area contributed by atoms with Crippen molar-refractivity contribution >= 4 is 23.2 Å². The van der Waals surface area contributed by atoms with Gasteiger partial charge in [-0.05, 0) is 30.7 Å². The van der Waals surface area contributed by atoms with Crippen LogP contribution in [0.15, 0.2) is 30.5 Å². The van der Waals surface area contributed by atoms with E-state index in [-0.39, 0.29) is 22.9 Å². The number of aromatic nitrogens is 1. The zero-order valence-electron chi connectivity index (χ0n) is 10.1. The first-order valence-corrected chi connectivity index (χ1v) is 5.49. The molecule has 0 saturated heterocycles. The summed E-state index contributed by atoms with van der Waals surface area (Å²) in [4.78, 5) is 15.0. The Kier molecular flexibility index (Phi) is 3.33. The van der Waals surface area contributed by atoms with Gasteiger partial charge >= 0.3 is 5.97 Å². The van der Waals surface area contributed by atoms with Gasteiger partial charge in [-0.15, -0.1) is 0 Å². The summed E-state index contributed by atoms with van der Waals surface area (Å²) in [6.45, 7) is 1.64. The molecular weight excluding hydrogens is 249 g/mol. The van der Waals surface area contributed by atoms with E-state index in [4.69, 9.17) is 10.8 Å². The molecule has 6 heteroatoms. The molecule has 4 N–H and O–H groups in total. The van der Waals surface area contributed by atoms with E-state index in [0.29, 0.717) is 11.3 Å². The van der Waals surface area contributed by atoms with Crippen LogP contribution in [-0.2, 0) is 0 Å². The van der Waals surface area contributed by atoms with Gasteiger partial charge in [0.25, 0.3) is 0 Å². The Morgan fingerprint density at radius 1 is 1.42 bits per heavy atom. The Morgan fingerprint density at radius 2 is 2.16 bits per heavy atom.